The molecule has 2 aliphatic carbocycles. The fourth-order valence-electron chi connectivity index (χ4n) is 5.88. The van der Waals surface area contributed by atoms with Crippen LogP contribution in [0.4, 0.5) is 22.0 Å². The minimum absolute atomic E-state index is 0.351. The summed E-state index contributed by atoms with van der Waals surface area (Å²) in [6.07, 6.45) is 7.57. The Hall–Kier alpha value is -2.31. The van der Waals surface area contributed by atoms with E-state index in [2.05, 4.69) is 11.7 Å². The van der Waals surface area contributed by atoms with Gasteiger partial charge in [-0.15, -0.1) is 0 Å². The highest BCUT2D eigenvalue weighted by atomic mass is 19.3. The first kappa shape index (κ1) is 25.8. The number of hydrogen-bond donors (Lipinski definition) is 0. The van der Waals surface area contributed by atoms with Crippen molar-refractivity contribution in [2.45, 2.75) is 83.3 Å². The summed E-state index contributed by atoms with van der Waals surface area (Å²) in [5, 5.41) is 0. The molecule has 2 aromatic carbocycles. The summed E-state index contributed by atoms with van der Waals surface area (Å²) in [6, 6.07) is 8.55. The fraction of sp³-hybridized carbons (Fsp3) is 0.571. The van der Waals surface area contributed by atoms with Gasteiger partial charge in [-0.2, -0.15) is 17.6 Å². The second kappa shape index (κ2) is 11.2. The molecule has 0 radical (unpaired) electrons. The van der Waals surface area contributed by atoms with Crippen molar-refractivity contribution in [2.75, 3.05) is 0 Å². The lowest BCUT2D eigenvalue weighted by Gasteiger charge is -2.38. The predicted octanol–water partition coefficient (Wildman–Crippen LogP) is 9.05. The van der Waals surface area contributed by atoms with Crippen LogP contribution >= 0.6 is 0 Å². The number of benzene rings is 2. The van der Waals surface area contributed by atoms with Gasteiger partial charge in [0.2, 0.25) is 0 Å². The fourth-order valence-corrected chi connectivity index (χ4v) is 5.88. The molecule has 0 bridgehead atoms. The van der Waals surface area contributed by atoms with Crippen molar-refractivity contribution in [3.05, 3.63) is 59.4 Å². The molecule has 7 heteroatoms. The second-order valence-corrected chi connectivity index (χ2v) is 10.0. The van der Waals surface area contributed by atoms with Gasteiger partial charge in [0.15, 0.2) is 11.6 Å². The minimum Gasteiger partial charge on any atom is -0.432 e. The average molecular weight is 497 g/mol. The van der Waals surface area contributed by atoms with Crippen LogP contribution in [-0.2, 0) is 6.11 Å². The van der Waals surface area contributed by atoms with Gasteiger partial charge >= 0.3 is 12.7 Å². The summed E-state index contributed by atoms with van der Waals surface area (Å²) in [4.78, 5) is 0. The maximum Gasteiger partial charge on any atom is 0.426 e. The number of halogens is 5. The highest BCUT2D eigenvalue weighted by Gasteiger charge is 2.36. The maximum atomic E-state index is 14.7. The number of ether oxygens (including phenoxy) is 2. The van der Waals surface area contributed by atoms with Crippen molar-refractivity contribution < 1.29 is 31.4 Å². The van der Waals surface area contributed by atoms with Gasteiger partial charge in [-0.3, -0.25) is 0 Å². The van der Waals surface area contributed by atoms with Crippen molar-refractivity contribution in [1.82, 2.24) is 0 Å². The zero-order valence-corrected chi connectivity index (χ0v) is 20.0. The van der Waals surface area contributed by atoms with Crippen molar-refractivity contribution in [1.29, 1.82) is 0 Å². The molecule has 2 aromatic rings. The molecule has 0 aromatic heterocycles. The quantitative estimate of drug-likeness (QED) is 0.340. The van der Waals surface area contributed by atoms with Gasteiger partial charge in [-0.1, -0.05) is 38.3 Å². The smallest absolute Gasteiger partial charge is 0.426 e. The van der Waals surface area contributed by atoms with Crippen LogP contribution in [0.2, 0.25) is 0 Å². The third-order valence-corrected chi connectivity index (χ3v) is 7.99. The van der Waals surface area contributed by atoms with Gasteiger partial charge in [0.1, 0.15) is 5.75 Å². The van der Waals surface area contributed by atoms with E-state index < -0.39 is 30.0 Å². The molecule has 192 valence electrons. The van der Waals surface area contributed by atoms with Crippen LogP contribution < -0.4 is 9.47 Å². The molecule has 0 spiro atoms. The Balaban J connectivity index is 1.32. The van der Waals surface area contributed by atoms with Gasteiger partial charge in [0, 0.05) is 6.07 Å². The van der Waals surface area contributed by atoms with E-state index in [1.807, 2.05) is 0 Å². The monoisotopic (exact) mass is 496 g/mol. The first-order chi connectivity index (χ1) is 16.7. The molecular formula is C28H33F5O2. The van der Waals surface area contributed by atoms with Gasteiger partial charge in [-0.05, 0) is 92.0 Å². The molecule has 0 heterocycles. The van der Waals surface area contributed by atoms with Gasteiger partial charge in [0.05, 0.1) is 5.56 Å². The lowest BCUT2D eigenvalue weighted by Crippen LogP contribution is -2.25. The molecule has 2 fully saturated rings. The summed E-state index contributed by atoms with van der Waals surface area (Å²) in [7, 11) is 0. The van der Waals surface area contributed by atoms with Crippen molar-refractivity contribution in [2.24, 2.45) is 17.8 Å². The van der Waals surface area contributed by atoms with Gasteiger partial charge in [-0.25, -0.2) is 4.39 Å². The van der Waals surface area contributed by atoms with E-state index in [4.69, 9.17) is 4.74 Å². The average Bonchev–Trinajstić information content (AvgIpc) is 2.85. The topological polar surface area (TPSA) is 18.5 Å². The van der Waals surface area contributed by atoms with Gasteiger partial charge in [0.25, 0.3) is 0 Å². The molecular weight excluding hydrogens is 463 g/mol. The van der Waals surface area contributed by atoms with Crippen LogP contribution in [0.3, 0.4) is 0 Å². The van der Waals surface area contributed by atoms with E-state index >= 15 is 0 Å². The van der Waals surface area contributed by atoms with Crippen molar-refractivity contribution in [3.63, 3.8) is 0 Å². The summed E-state index contributed by atoms with van der Waals surface area (Å²) < 4.78 is 76.4. The highest BCUT2D eigenvalue weighted by molar-refractivity contribution is 5.34. The zero-order chi connectivity index (χ0) is 25.0. The predicted molar refractivity (Wildman–Crippen MR) is 124 cm³/mol. The minimum atomic E-state index is -3.70. The summed E-state index contributed by atoms with van der Waals surface area (Å²) >= 11 is 0. The van der Waals surface area contributed by atoms with Gasteiger partial charge < -0.3 is 9.47 Å². The maximum absolute atomic E-state index is 14.7. The highest BCUT2D eigenvalue weighted by Crippen LogP contribution is 2.44. The van der Waals surface area contributed by atoms with Crippen LogP contribution in [0.1, 0.15) is 81.8 Å². The van der Waals surface area contributed by atoms with Crippen molar-refractivity contribution >= 4 is 0 Å². The summed E-state index contributed by atoms with van der Waals surface area (Å²) in [6.45, 7) is -0.929. The number of hydrogen-bond acceptors (Lipinski definition) is 2. The van der Waals surface area contributed by atoms with E-state index in [1.165, 1.54) is 57.1 Å². The summed E-state index contributed by atoms with van der Waals surface area (Å²) in [5.74, 6) is 0.493. The Morgan fingerprint density at radius 1 is 0.857 bits per heavy atom. The Labute approximate surface area is 203 Å². The Bertz CT molecular complexity index is 946. The zero-order valence-electron chi connectivity index (χ0n) is 20.0. The third-order valence-electron chi connectivity index (χ3n) is 7.99. The van der Waals surface area contributed by atoms with Crippen molar-refractivity contribution in [3.8, 4) is 11.5 Å². The largest absolute Gasteiger partial charge is 0.432 e. The lowest BCUT2D eigenvalue weighted by atomic mass is 9.68. The molecule has 35 heavy (non-hydrogen) atoms. The van der Waals surface area contributed by atoms with E-state index in [9.17, 15) is 22.0 Å². The molecule has 0 aliphatic heterocycles. The Morgan fingerprint density at radius 2 is 1.46 bits per heavy atom. The van der Waals surface area contributed by atoms with E-state index in [1.54, 1.807) is 12.1 Å². The molecule has 4 rings (SSSR count). The second-order valence-electron chi connectivity index (χ2n) is 10.0. The molecule has 2 aliphatic rings. The third kappa shape index (κ3) is 6.47. The van der Waals surface area contributed by atoms with Crippen LogP contribution in [0.25, 0.3) is 0 Å². The van der Waals surface area contributed by atoms with E-state index in [0.29, 0.717) is 12.0 Å². The Morgan fingerprint density at radius 3 is 2.00 bits per heavy atom. The van der Waals surface area contributed by atoms with E-state index in [-0.39, 0.29) is 5.56 Å². The SMILES string of the molecule is CC[C@H]1CC[C@H]([C@H]2CC[C@H](c3ccc(C(F)(F)Oc4ccc(OC(F)F)c(F)c4)cc3)CC2)CC1. The van der Waals surface area contributed by atoms with E-state index in [0.717, 1.165) is 48.3 Å². The van der Waals surface area contributed by atoms with Crippen LogP contribution in [-0.4, -0.2) is 6.61 Å². The first-order valence-electron chi connectivity index (χ1n) is 12.7. The first-order valence-corrected chi connectivity index (χ1v) is 12.7. The molecule has 0 atom stereocenters. The number of rotatable bonds is 8. The lowest BCUT2D eigenvalue weighted by molar-refractivity contribution is -0.185. The molecule has 0 N–H and O–H groups in total. The van der Waals surface area contributed by atoms with Crippen LogP contribution in [0.15, 0.2) is 42.5 Å². The molecule has 2 saturated carbocycles. The molecule has 0 saturated heterocycles. The van der Waals surface area contributed by atoms with Crippen LogP contribution in [0.5, 0.6) is 11.5 Å². The number of alkyl halides is 4. The Kier molecular flexibility index (Phi) is 8.23. The molecule has 0 unspecified atom stereocenters. The molecule has 2 nitrogen and oxygen atoms in total. The molecule has 0 amide bonds. The van der Waals surface area contributed by atoms with Crippen LogP contribution in [0, 0.1) is 23.6 Å². The normalized spacial score (nSPS) is 25.5. The summed E-state index contributed by atoms with van der Waals surface area (Å²) in [5.41, 5.74) is 0.702. The standard InChI is InChI=1S/C28H33F5O2/c1-2-18-3-5-19(6-4-18)20-7-9-21(10-8-20)22-11-13-23(14-12-22)28(32,33)35-24-15-16-26(25(29)17-24)34-27(30)31/h11-21,27H,2-10H2,1H3/t18-,19-,20-,21-.